The average molecular weight is 559 g/mol. The molecule has 1 aliphatic rings. The van der Waals surface area contributed by atoms with Gasteiger partial charge in [0.2, 0.25) is 0 Å². The quantitative estimate of drug-likeness (QED) is 0.332. The molecule has 4 aromatic rings. The van der Waals surface area contributed by atoms with Crippen molar-refractivity contribution in [1.82, 2.24) is 4.57 Å². The van der Waals surface area contributed by atoms with Crippen LogP contribution in [0.5, 0.6) is 5.75 Å². The molecular weight excluding hydrogens is 535 g/mol. The van der Waals surface area contributed by atoms with Crippen molar-refractivity contribution in [2.75, 3.05) is 13.2 Å². The fourth-order valence-corrected chi connectivity index (χ4v) is 5.36. The van der Waals surface area contributed by atoms with E-state index in [4.69, 9.17) is 19.6 Å². The summed E-state index contributed by atoms with van der Waals surface area (Å²) in [6, 6.07) is 20.5. The maximum atomic E-state index is 13.9. The Morgan fingerprint density at radius 1 is 1.05 bits per heavy atom. The van der Waals surface area contributed by atoms with Crippen molar-refractivity contribution in [2.24, 2.45) is 4.99 Å². The number of carbonyl (C=O) groups is 2. The van der Waals surface area contributed by atoms with Crippen LogP contribution in [0.15, 0.2) is 94.2 Å². The minimum Gasteiger partial charge on any atom is -0.482 e. The van der Waals surface area contributed by atoms with Crippen LogP contribution in [0.25, 0.3) is 11.8 Å². The molecule has 0 radical (unpaired) electrons. The van der Waals surface area contributed by atoms with Crippen LogP contribution in [0.1, 0.15) is 29.7 Å². The van der Waals surface area contributed by atoms with Gasteiger partial charge in [0.05, 0.1) is 28.5 Å². The summed E-state index contributed by atoms with van der Waals surface area (Å²) in [4.78, 5) is 43.1. The highest BCUT2D eigenvalue weighted by Gasteiger charge is 2.35. The number of aliphatic carboxylic acids is 1. The zero-order valence-corrected chi connectivity index (χ0v) is 22.1. The Bertz CT molecular complexity index is 1780. The van der Waals surface area contributed by atoms with Crippen molar-refractivity contribution >= 4 is 35.0 Å². The minimum absolute atomic E-state index is 0.122. The molecule has 8 nitrogen and oxygen atoms in total. The number of carboxylic acids is 1. The van der Waals surface area contributed by atoms with Crippen LogP contribution >= 0.6 is 11.3 Å². The van der Waals surface area contributed by atoms with Gasteiger partial charge in [-0.1, -0.05) is 65.9 Å². The molecule has 202 valence electrons. The number of thiazole rings is 1. The molecule has 0 unspecified atom stereocenters. The summed E-state index contributed by atoms with van der Waals surface area (Å²) < 4.78 is 26.3. The number of ether oxygens (including phenoxy) is 2. The molecule has 2 heterocycles. The molecule has 0 aliphatic carbocycles. The molecule has 1 aliphatic heterocycles. The predicted octanol–water partition coefficient (Wildman–Crippen LogP) is 3.54. The Hall–Kier alpha value is -4.83. The molecule has 0 amide bonds. The van der Waals surface area contributed by atoms with Crippen molar-refractivity contribution < 1.29 is 28.6 Å². The van der Waals surface area contributed by atoms with E-state index < -0.39 is 30.4 Å². The number of benzene rings is 3. The number of aromatic nitrogens is 1. The second kappa shape index (κ2) is 11.5. The van der Waals surface area contributed by atoms with Crippen LogP contribution in [0.2, 0.25) is 0 Å². The lowest BCUT2D eigenvalue weighted by Gasteiger charge is -2.25. The van der Waals surface area contributed by atoms with E-state index in [-0.39, 0.29) is 17.7 Å². The van der Waals surface area contributed by atoms with Crippen molar-refractivity contribution in [3.8, 4) is 5.75 Å². The Morgan fingerprint density at radius 2 is 1.75 bits per heavy atom. The van der Waals surface area contributed by atoms with Gasteiger partial charge in [0.1, 0.15) is 11.6 Å². The Kier molecular flexibility index (Phi) is 7.70. The van der Waals surface area contributed by atoms with Crippen molar-refractivity contribution in [1.29, 1.82) is 0 Å². The van der Waals surface area contributed by atoms with Crippen LogP contribution in [-0.4, -0.2) is 34.8 Å². The van der Waals surface area contributed by atoms with Gasteiger partial charge in [0.15, 0.2) is 11.4 Å². The first-order valence-corrected chi connectivity index (χ1v) is 13.2. The molecule has 3 aromatic carbocycles. The topological polar surface area (TPSA) is 107 Å². The largest absolute Gasteiger partial charge is 0.482 e. The lowest BCUT2D eigenvalue weighted by molar-refractivity contribution is -0.140. The molecule has 40 heavy (non-hydrogen) atoms. The van der Waals surface area contributed by atoms with Crippen LogP contribution in [-0.2, 0) is 14.3 Å². The Morgan fingerprint density at radius 3 is 2.40 bits per heavy atom. The van der Waals surface area contributed by atoms with Gasteiger partial charge >= 0.3 is 11.9 Å². The fraction of sp³-hybridized carbons (Fsp3) is 0.133. The molecule has 0 saturated heterocycles. The standard InChI is InChI=1S/C30H23FN2O6S/c1-2-38-29(37)25-26(19-6-4-3-5-7-19)32-30-33(27(25)20-10-12-21(31)13-11-20)28(36)23(40-30)16-18-8-14-22(15-9-18)39-17-24(34)35/h3-16,27H,2,17H2,1H3,(H,34,35)/b23-16-/t27-/m1/s1. The second-order valence-corrected chi connectivity index (χ2v) is 9.74. The van der Waals surface area contributed by atoms with E-state index >= 15 is 0 Å². The molecule has 5 rings (SSSR count). The molecule has 1 N–H and O–H groups in total. The van der Waals surface area contributed by atoms with Crippen LogP contribution in [0.3, 0.4) is 0 Å². The summed E-state index contributed by atoms with van der Waals surface area (Å²) in [6.45, 7) is 1.35. The summed E-state index contributed by atoms with van der Waals surface area (Å²) in [5, 5.41) is 8.80. The Labute approximate surface area is 231 Å². The number of fused-ring (bicyclic) bond motifs is 1. The van der Waals surface area contributed by atoms with E-state index in [1.54, 1.807) is 49.4 Å². The zero-order chi connectivity index (χ0) is 28.2. The third kappa shape index (κ3) is 5.48. The number of esters is 1. The van der Waals surface area contributed by atoms with Gasteiger partial charge in [-0.05, 0) is 48.4 Å². The van der Waals surface area contributed by atoms with E-state index in [9.17, 15) is 18.8 Å². The van der Waals surface area contributed by atoms with E-state index in [1.165, 1.54) is 16.7 Å². The molecule has 10 heteroatoms. The third-order valence-corrected chi connectivity index (χ3v) is 7.08. The summed E-state index contributed by atoms with van der Waals surface area (Å²) in [5.74, 6) is -1.77. The van der Waals surface area contributed by atoms with Gasteiger partial charge < -0.3 is 14.6 Å². The average Bonchev–Trinajstić information content (AvgIpc) is 3.27. The number of carboxylic acid groups (broad SMARTS) is 1. The van der Waals surface area contributed by atoms with Crippen LogP contribution < -0.4 is 19.6 Å². The maximum absolute atomic E-state index is 13.9. The lowest BCUT2D eigenvalue weighted by atomic mass is 9.93. The molecule has 1 atom stereocenters. The summed E-state index contributed by atoms with van der Waals surface area (Å²) in [7, 11) is 0. The van der Waals surface area contributed by atoms with E-state index in [0.29, 0.717) is 37.5 Å². The first-order valence-electron chi connectivity index (χ1n) is 12.3. The van der Waals surface area contributed by atoms with Gasteiger partial charge in [-0.25, -0.2) is 19.0 Å². The normalized spacial score (nSPS) is 14.8. The van der Waals surface area contributed by atoms with Crippen molar-refractivity contribution in [2.45, 2.75) is 13.0 Å². The van der Waals surface area contributed by atoms with E-state index in [2.05, 4.69) is 0 Å². The predicted molar refractivity (Wildman–Crippen MR) is 147 cm³/mol. The van der Waals surface area contributed by atoms with Crippen molar-refractivity contribution in [3.63, 3.8) is 0 Å². The lowest BCUT2D eigenvalue weighted by Crippen LogP contribution is -2.40. The smallest absolute Gasteiger partial charge is 0.341 e. The highest BCUT2D eigenvalue weighted by molar-refractivity contribution is 7.07. The van der Waals surface area contributed by atoms with E-state index in [0.717, 1.165) is 11.3 Å². The Balaban J connectivity index is 1.70. The van der Waals surface area contributed by atoms with Gasteiger partial charge in [0, 0.05) is 5.56 Å². The molecule has 0 bridgehead atoms. The van der Waals surface area contributed by atoms with Gasteiger partial charge in [-0.15, -0.1) is 0 Å². The SMILES string of the molecule is CCOC(=O)C1=C(c2ccccc2)N=c2s/c(=C\c3ccc(OCC(=O)O)cc3)c(=O)n2[C@@H]1c1ccc(F)cc1. The summed E-state index contributed by atoms with van der Waals surface area (Å²) in [6.07, 6.45) is 1.68. The van der Waals surface area contributed by atoms with E-state index in [1.807, 2.05) is 30.3 Å². The maximum Gasteiger partial charge on any atom is 0.341 e. The highest BCUT2D eigenvalue weighted by atomic mass is 32.1. The van der Waals surface area contributed by atoms with Gasteiger partial charge in [-0.3, -0.25) is 9.36 Å². The van der Waals surface area contributed by atoms with Gasteiger partial charge in [-0.2, -0.15) is 0 Å². The molecular formula is C30H23FN2O6S. The first kappa shape index (κ1) is 26.8. The zero-order valence-electron chi connectivity index (χ0n) is 21.2. The van der Waals surface area contributed by atoms with Gasteiger partial charge in [0.25, 0.3) is 5.56 Å². The molecule has 0 saturated carbocycles. The molecule has 0 fully saturated rings. The summed E-state index contributed by atoms with van der Waals surface area (Å²) in [5.41, 5.74) is 2.06. The first-order chi connectivity index (χ1) is 19.4. The number of halogens is 1. The number of rotatable bonds is 8. The van der Waals surface area contributed by atoms with Crippen LogP contribution in [0.4, 0.5) is 4.39 Å². The number of hydrogen-bond donors (Lipinski definition) is 1. The summed E-state index contributed by atoms with van der Waals surface area (Å²) >= 11 is 1.16. The number of hydrogen-bond acceptors (Lipinski definition) is 7. The molecule has 1 aromatic heterocycles. The van der Waals surface area contributed by atoms with Crippen LogP contribution in [0, 0.1) is 5.82 Å². The fourth-order valence-electron chi connectivity index (χ4n) is 4.36. The molecule has 0 spiro atoms. The number of nitrogens with zero attached hydrogens (tertiary/aromatic N) is 2. The highest BCUT2D eigenvalue weighted by Crippen LogP contribution is 2.35. The minimum atomic E-state index is -1.09. The number of carbonyl (C=O) groups excluding carboxylic acids is 1. The third-order valence-electron chi connectivity index (χ3n) is 6.10. The second-order valence-electron chi connectivity index (χ2n) is 8.73. The monoisotopic (exact) mass is 558 g/mol. The van der Waals surface area contributed by atoms with Crippen molar-refractivity contribution in [3.05, 3.63) is 127 Å².